The number of piperazine rings is 1. The highest BCUT2D eigenvalue weighted by Crippen LogP contribution is 2.35. The monoisotopic (exact) mass is 590 g/mol. The van der Waals surface area contributed by atoms with Crippen LogP contribution in [0.1, 0.15) is 0 Å². The number of pyridine rings is 1. The number of anilines is 2. The molecule has 13 heteroatoms. The van der Waals surface area contributed by atoms with Gasteiger partial charge < -0.3 is 19.7 Å². The van der Waals surface area contributed by atoms with Crippen LogP contribution in [0.2, 0.25) is 5.02 Å². The first kappa shape index (κ1) is 28.8. The summed E-state index contributed by atoms with van der Waals surface area (Å²) >= 11 is 6.02. The number of nitrogens with one attached hydrogen (secondary N) is 1. The maximum atomic E-state index is 14.5. The Kier molecular flexibility index (Phi) is 9.01. The SMILES string of the molecule is CN1CCN(CCOc2ccc3c(Nc4cc(-c5cc(Cl)ccc5F)nnc4OC(F)C(F)F)ccnc3c2)CC1. The van der Waals surface area contributed by atoms with Gasteiger partial charge in [0.1, 0.15) is 23.9 Å². The second-order valence-electron chi connectivity index (χ2n) is 9.53. The quantitative estimate of drug-likeness (QED) is 0.233. The maximum absolute atomic E-state index is 14.5. The van der Waals surface area contributed by atoms with Crippen LogP contribution in [-0.4, -0.2) is 84.1 Å². The topological polar surface area (TPSA) is 75.6 Å². The van der Waals surface area contributed by atoms with Crippen molar-refractivity contribution in [2.75, 3.05) is 51.7 Å². The Morgan fingerprint density at radius 2 is 1.78 bits per heavy atom. The summed E-state index contributed by atoms with van der Waals surface area (Å²) < 4.78 is 64.9. The molecule has 1 N–H and O–H groups in total. The number of aromatic nitrogens is 3. The summed E-state index contributed by atoms with van der Waals surface area (Å²) in [6.07, 6.45) is -4.81. The van der Waals surface area contributed by atoms with Crippen molar-refractivity contribution >= 4 is 33.9 Å². The van der Waals surface area contributed by atoms with Crippen LogP contribution in [-0.2, 0) is 0 Å². The van der Waals surface area contributed by atoms with E-state index < -0.39 is 24.5 Å². The number of benzene rings is 2. The van der Waals surface area contributed by atoms with Gasteiger partial charge in [0.25, 0.3) is 12.2 Å². The summed E-state index contributed by atoms with van der Waals surface area (Å²) in [4.78, 5) is 9.05. The van der Waals surface area contributed by atoms with Crippen molar-refractivity contribution in [3.05, 3.63) is 65.6 Å². The standard InChI is InChI=1S/C28H27ClF4N6O2/c1-38-8-10-39(11-9-38)12-13-40-18-3-4-19-22(6-7-34-23(19)15-18)35-25-16-24(20-14-17(29)2-5-21(20)30)36-37-28(25)41-27(33)26(31)32/h2-7,14-16,26-27H,8-13H2,1H3,(H,34,35,36). The molecule has 4 aromatic rings. The molecule has 0 aliphatic carbocycles. The largest absolute Gasteiger partial charge is 0.492 e. The molecule has 41 heavy (non-hydrogen) atoms. The van der Waals surface area contributed by atoms with E-state index in [1.54, 1.807) is 30.5 Å². The summed E-state index contributed by atoms with van der Waals surface area (Å²) in [6, 6.07) is 12.2. The third-order valence-electron chi connectivity index (χ3n) is 6.64. The molecule has 0 radical (unpaired) electrons. The summed E-state index contributed by atoms with van der Waals surface area (Å²) in [5.41, 5.74) is 1.11. The Labute approximate surface area is 238 Å². The number of ether oxygens (including phenoxy) is 2. The molecule has 0 bridgehead atoms. The van der Waals surface area contributed by atoms with Gasteiger partial charge in [-0.3, -0.25) is 9.88 Å². The van der Waals surface area contributed by atoms with Crippen LogP contribution in [0.15, 0.2) is 54.7 Å². The van der Waals surface area contributed by atoms with Crippen LogP contribution in [0, 0.1) is 5.82 Å². The van der Waals surface area contributed by atoms with E-state index >= 15 is 0 Å². The Balaban J connectivity index is 1.39. The van der Waals surface area contributed by atoms with Crippen LogP contribution in [0.4, 0.5) is 28.9 Å². The number of hydrogen-bond donors (Lipinski definition) is 1. The molecule has 0 amide bonds. The number of halogens is 5. The molecule has 1 unspecified atom stereocenters. The summed E-state index contributed by atoms with van der Waals surface area (Å²) in [6.45, 7) is 5.38. The van der Waals surface area contributed by atoms with E-state index in [0.717, 1.165) is 38.8 Å². The summed E-state index contributed by atoms with van der Waals surface area (Å²) in [7, 11) is 2.11. The minimum absolute atomic E-state index is 0.0160. The van der Waals surface area contributed by atoms with Gasteiger partial charge in [-0.25, -0.2) is 13.2 Å². The average molecular weight is 591 g/mol. The van der Waals surface area contributed by atoms with Crippen LogP contribution < -0.4 is 14.8 Å². The number of alkyl halides is 3. The number of fused-ring (bicyclic) bond motifs is 1. The smallest absolute Gasteiger partial charge is 0.304 e. The zero-order valence-electron chi connectivity index (χ0n) is 22.0. The Morgan fingerprint density at radius 1 is 0.976 bits per heavy atom. The van der Waals surface area contributed by atoms with E-state index in [1.807, 2.05) is 0 Å². The van der Waals surface area contributed by atoms with Crippen molar-refractivity contribution in [1.29, 1.82) is 0 Å². The second-order valence-corrected chi connectivity index (χ2v) is 9.97. The third-order valence-corrected chi connectivity index (χ3v) is 6.88. The normalized spacial score (nSPS) is 15.3. The van der Waals surface area contributed by atoms with Gasteiger partial charge in [0, 0.05) is 66.6 Å². The van der Waals surface area contributed by atoms with Gasteiger partial charge in [0.15, 0.2) is 0 Å². The first-order valence-electron chi connectivity index (χ1n) is 12.9. The molecule has 8 nitrogen and oxygen atoms in total. The van der Waals surface area contributed by atoms with Crippen LogP contribution in [0.5, 0.6) is 11.6 Å². The van der Waals surface area contributed by atoms with Gasteiger partial charge in [-0.2, -0.15) is 4.39 Å². The van der Waals surface area contributed by atoms with Gasteiger partial charge in [-0.15, -0.1) is 10.2 Å². The summed E-state index contributed by atoms with van der Waals surface area (Å²) in [5, 5.41) is 11.5. The molecule has 1 atom stereocenters. The molecule has 3 heterocycles. The van der Waals surface area contributed by atoms with E-state index in [2.05, 4.69) is 37.3 Å². The molecule has 1 fully saturated rings. The molecular formula is C28H27ClF4N6O2. The molecular weight excluding hydrogens is 564 g/mol. The predicted molar refractivity (Wildman–Crippen MR) is 148 cm³/mol. The van der Waals surface area contributed by atoms with Crippen molar-refractivity contribution in [3.8, 4) is 22.9 Å². The molecule has 0 saturated carbocycles. The molecule has 216 valence electrons. The molecule has 2 aromatic heterocycles. The first-order chi connectivity index (χ1) is 19.8. The van der Waals surface area contributed by atoms with Crippen molar-refractivity contribution in [2.45, 2.75) is 12.8 Å². The molecule has 1 aliphatic heterocycles. The van der Waals surface area contributed by atoms with Crippen molar-refractivity contribution in [2.24, 2.45) is 0 Å². The Hall–Kier alpha value is -3.74. The lowest BCUT2D eigenvalue weighted by Crippen LogP contribution is -2.45. The zero-order chi connectivity index (χ0) is 28.9. The number of hydrogen-bond acceptors (Lipinski definition) is 8. The molecule has 2 aromatic carbocycles. The van der Waals surface area contributed by atoms with Gasteiger partial charge in [0.05, 0.1) is 11.2 Å². The van der Waals surface area contributed by atoms with Crippen molar-refractivity contribution < 1.29 is 27.0 Å². The predicted octanol–water partition coefficient (Wildman–Crippen LogP) is 5.79. The molecule has 1 aliphatic rings. The van der Waals surface area contributed by atoms with Crippen LogP contribution in [0.3, 0.4) is 0 Å². The maximum Gasteiger partial charge on any atom is 0.304 e. The Bertz CT molecular complexity index is 1510. The number of rotatable bonds is 10. The second kappa shape index (κ2) is 12.8. The van der Waals surface area contributed by atoms with Gasteiger partial charge in [-0.1, -0.05) is 11.6 Å². The number of nitrogens with zero attached hydrogens (tertiary/aromatic N) is 5. The van der Waals surface area contributed by atoms with Crippen LogP contribution >= 0.6 is 11.6 Å². The number of likely N-dealkylation sites (N-methyl/N-ethyl adjacent to an activating group) is 1. The van der Waals surface area contributed by atoms with E-state index in [9.17, 15) is 17.6 Å². The first-order valence-corrected chi connectivity index (χ1v) is 13.3. The van der Waals surface area contributed by atoms with E-state index in [0.29, 0.717) is 28.9 Å². The molecule has 5 rings (SSSR count). The van der Waals surface area contributed by atoms with E-state index in [1.165, 1.54) is 18.2 Å². The minimum Gasteiger partial charge on any atom is -0.492 e. The van der Waals surface area contributed by atoms with Gasteiger partial charge in [0.2, 0.25) is 0 Å². The lowest BCUT2D eigenvalue weighted by atomic mass is 10.1. The highest BCUT2D eigenvalue weighted by Gasteiger charge is 2.24. The van der Waals surface area contributed by atoms with Gasteiger partial charge >= 0.3 is 6.43 Å². The summed E-state index contributed by atoms with van der Waals surface area (Å²) in [5.74, 6) is -0.520. The lowest BCUT2D eigenvalue weighted by molar-refractivity contribution is -0.0690. The fourth-order valence-corrected chi connectivity index (χ4v) is 4.55. The van der Waals surface area contributed by atoms with Gasteiger partial charge in [-0.05, 0) is 49.5 Å². The van der Waals surface area contributed by atoms with Crippen LogP contribution in [0.25, 0.3) is 22.2 Å². The lowest BCUT2D eigenvalue weighted by Gasteiger charge is -2.32. The Morgan fingerprint density at radius 3 is 2.56 bits per heavy atom. The molecule has 0 spiro atoms. The zero-order valence-corrected chi connectivity index (χ0v) is 22.8. The average Bonchev–Trinajstić information content (AvgIpc) is 2.96. The fourth-order valence-electron chi connectivity index (χ4n) is 4.38. The van der Waals surface area contributed by atoms with E-state index in [4.69, 9.17) is 21.1 Å². The third kappa shape index (κ3) is 7.13. The fraction of sp³-hybridized carbons (Fsp3) is 0.321. The van der Waals surface area contributed by atoms with Crippen molar-refractivity contribution in [3.63, 3.8) is 0 Å². The van der Waals surface area contributed by atoms with Crippen molar-refractivity contribution in [1.82, 2.24) is 25.0 Å². The molecule has 1 saturated heterocycles. The highest BCUT2D eigenvalue weighted by atomic mass is 35.5. The van der Waals surface area contributed by atoms with E-state index in [-0.39, 0.29) is 22.0 Å². The highest BCUT2D eigenvalue weighted by molar-refractivity contribution is 6.30. The minimum atomic E-state index is -3.41.